The number of alkyl halides is 3. The summed E-state index contributed by atoms with van der Waals surface area (Å²) in [5.74, 6) is 1.11. The van der Waals surface area contributed by atoms with Crippen LogP contribution in [0.1, 0.15) is 33.5 Å². The lowest BCUT2D eigenvalue weighted by Crippen LogP contribution is -2.42. The summed E-state index contributed by atoms with van der Waals surface area (Å²) in [6.45, 7) is -0.547. The van der Waals surface area contributed by atoms with Crippen LogP contribution in [0.15, 0.2) is 94.8 Å². The van der Waals surface area contributed by atoms with Crippen LogP contribution in [0.3, 0.4) is 0 Å². The number of benzene rings is 3. The second-order valence-corrected chi connectivity index (χ2v) is 10.4. The lowest BCUT2D eigenvalue weighted by molar-refractivity contribution is -0.387. The van der Waals surface area contributed by atoms with Crippen molar-refractivity contribution in [1.82, 2.24) is 18.9 Å². The molecule has 0 N–H and O–H groups in total. The van der Waals surface area contributed by atoms with Crippen LogP contribution in [0.4, 0.5) is 18.9 Å². The van der Waals surface area contributed by atoms with Gasteiger partial charge in [-0.15, -0.1) is 0 Å². The fraction of sp³-hybridized carbons (Fsp3) is 0.182. The molecule has 47 heavy (non-hydrogen) atoms. The van der Waals surface area contributed by atoms with E-state index < -0.39 is 33.6 Å². The molecule has 0 saturated heterocycles. The molecular weight excluding hydrogens is 619 g/mol. The van der Waals surface area contributed by atoms with Gasteiger partial charge in [-0.3, -0.25) is 24.2 Å². The highest BCUT2D eigenvalue weighted by Gasteiger charge is 2.33. The molecule has 2 aromatic heterocycles. The quantitative estimate of drug-likeness (QED) is 0.138. The summed E-state index contributed by atoms with van der Waals surface area (Å²) in [5.41, 5.74) is -2.25. The van der Waals surface area contributed by atoms with Crippen molar-refractivity contribution in [2.75, 3.05) is 14.2 Å². The lowest BCUT2D eigenvalue weighted by Gasteiger charge is -2.15. The fourth-order valence-corrected chi connectivity index (χ4v) is 5.00. The number of nitrogens with zero attached hydrogens (tertiary/aromatic N) is 5. The maximum atomic E-state index is 13.9. The van der Waals surface area contributed by atoms with E-state index in [0.29, 0.717) is 28.2 Å². The first-order valence-electron chi connectivity index (χ1n) is 14.1. The molecule has 14 heteroatoms. The van der Waals surface area contributed by atoms with Crippen molar-refractivity contribution < 1.29 is 27.6 Å². The van der Waals surface area contributed by atoms with Crippen molar-refractivity contribution >= 4 is 17.8 Å². The van der Waals surface area contributed by atoms with Gasteiger partial charge in [-0.2, -0.15) is 18.3 Å². The van der Waals surface area contributed by atoms with Crippen LogP contribution in [0, 0.1) is 10.1 Å². The van der Waals surface area contributed by atoms with E-state index in [1.807, 2.05) is 0 Å². The molecule has 2 heterocycles. The monoisotopic (exact) mass is 647 g/mol. The van der Waals surface area contributed by atoms with Gasteiger partial charge in [0.15, 0.2) is 0 Å². The first kappa shape index (κ1) is 32.5. The molecule has 0 radical (unpaired) electrons. The van der Waals surface area contributed by atoms with Gasteiger partial charge in [-0.05, 0) is 59.2 Å². The van der Waals surface area contributed by atoms with Crippen molar-refractivity contribution in [1.29, 1.82) is 0 Å². The molecule has 0 atom stereocenters. The van der Waals surface area contributed by atoms with Gasteiger partial charge in [-0.25, -0.2) is 9.36 Å². The maximum absolute atomic E-state index is 13.9. The number of nitro groups is 1. The molecule has 5 rings (SSSR count). The molecule has 5 aromatic rings. The maximum Gasteiger partial charge on any atom is 0.416 e. The minimum Gasteiger partial charge on any atom is -0.497 e. The average molecular weight is 648 g/mol. The highest BCUT2D eigenvalue weighted by molar-refractivity contribution is 5.71. The van der Waals surface area contributed by atoms with Crippen LogP contribution in [-0.2, 0) is 25.8 Å². The van der Waals surface area contributed by atoms with Gasteiger partial charge in [0.25, 0.3) is 0 Å². The van der Waals surface area contributed by atoms with Gasteiger partial charge in [0.2, 0.25) is 0 Å². The third kappa shape index (κ3) is 7.32. The fourth-order valence-electron chi connectivity index (χ4n) is 5.00. The van der Waals surface area contributed by atoms with Crippen LogP contribution >= 0.6 is 0 Å². The number of rotatable bonds is 11. The number of hydrogen-bond donors (Lipinski definition) is 0. The zero-order valence-electron chi connectivity index (χ0n) is 25.2. The summed E-state index contributed by atoms with van der Waals surface area (Å²) in [4.78, 5) is 38.9. The molecule has 0 amide bonds. The first-order chi connectivity index (χ1) is 22.5. The Labute approximate surface area is 265 Å². The highest BCUT2D eigenvalue weighted by atomic mass is 19.4. The van der Waals surface area contributed by atoms with Crippen LogP contribution in [-0.4, -0.2) is 38.1 Å². The summed E-state index contributed by atoms with van der Waals surface area (Å²) in [5, 5.41) is 16.5. The van der Waals surface area contributed by atoms with Crippen molar-refractivity contribution in [2.24, 2.45) is 0 Å². The molecule has 0 aliphatic heterocycles. The van der Waals surface area contributed by atoms with Gasteiger partial charge < -0.3 is 9.47 Å². The normalized spacial score (nSPS) is 11.6. The molecule has 0 unspecified atom stereocenters. The predicted octanol–water partition coefficient (Wildman–Crippen LogP) is 5.47. The molecule has 0 fully saturated rings. The van der Waals surface area contributed by atoms with Crippen LogP contribution in [0.2, 0.25) is 0 Å². The minimum absolute atomic E-state index is 0.00284. The molecule has 11 nitrogen and oxygen atoms in total. The molecule has 0 spiro atoms. The Morgan fingerprint density at radius 2 is 1.40 bits per heavy atom. The third-order valence-corrected chi connectivity index (χ3v) is 7.37. The molecule has 0 saturated carbocycles. The summed E-state index contributed by atoms with van der Waals surface area (Å²) in [6.07, 6.45) is 0.917. The van der Waals surface area contributed by atoms with E-state index in [1.54, 1.807) is 48.5 Å². The average Bonchev–Trinajstić information content (AvgIpc) is 3.50. The molecule has 0 aliphatic carbocycles. The Bertz CT molecular complexity index is 2050. The van der Waals surface area contributed by atoms with Crippen molar-refractivity contribution in [3.05, 3.63) is 150 Å². The zero-order valence-corrected chi connectivity index (χ0v) is 25.2. The van der Waals surface area contributed by atoms with Gasteiger partial charge >= 0.3 is 23.1 Å². The van der Waals surface area contributed by atoms with E-state index in [-0.39, 0.29) is 30.9 Å². The summed E-state index contributed by atoms with van der Waals surface area (Å²) in [6, 6.07) is 18.4. The van der Waals surface area contributed by atoms with E-state index in [4.69, 9.17) is 9.47 Å². The highest BCUT2D eigenvalue weighted by Crippen LogP contribution is 2.32. The molecule has 242 valence electrons. The zero-order chi connectivity index (χ0) is 33.7. The standard InChI is InChI=1S/C33H28F3N5O6/c1-46-26-12-7-22(8-13-26)19-39-29(16-11-24-17-37-38(18-24)21-25-5-3-4-6-28(25)33(34,35)36)30(41(44)45)31(42)40(32(39)43)20-23-9-14-27(47-2)15-10-23/h3-18H,19-21H2,1-2H3/b16-11+. The number of hydrogen-bond acceptors (Lipinski definition) is 7. The number of aromatic nitrogens is 4. The van der Waals surface area contributed by atoms with E-state index >= 15 is 0 Å². The molecule has 3 aromatic carbocycles. The Hall–Kier alpha value is -5.92. The number of halogens is 3. The van der Waals surface area contributed by atoms with Gasteiger partial charge in [0.05, 0.1) is 50.5 Å². The largest absolute Gasteiger partial charge is 0.497 e. The van der Waals surface area contributed by atoms with Gasteiger partial charge in [0, 0.05) is 11.8 Å². The molecule has 0 bridgehead atoms. The summed E-state index contributed by atoms with van der Waals surface area (Å²) >= 11 is 0. The van der Waals surface area contributed by atoms with E-state index in [9.17, 15) is 32.9 Å². The Morgan fingerprint density at radius 1 is 0.830 bits per heavy atom. The van der Waals surface area contributed by atoms with Crippen LogP contribution in [0.25, 0.3) is 12.2 Å². The third-order valence-electron chi connectivity index (χ3n) is 7.37. The first-order valence-corrected chi connectivity index (χ1v) is 14.1. The van der Waals surface area contributed by atoms with Crippen molar-refractivity contribution in [3.63, 3.8) is 0 Å². The second-order valence-electron chi connectivity index (χ2n) is 10.4. The summed E-state index contributed by atoms with van der Waals surface area (Å²) in [7, 11) is 2.99. The van der Waals surface area contributed by atoms with Crippen molar-refractivity contribution in [3.8, 4) is 11.5 Å². The van der Waals surface area contributed by atoms with Gasteiger partial charge in [-0.1, -0.05) is 42.5 Å². The Morgan fingerprint density at radius 3 is 1.96 bits per heavy atom. The molecule has 0 aliphatic rings. The van der Waals surface area contributed by atoms with E-state index in [2.05, 4.69) is 5.10 Å². The minimum atomic E-state index is -4.55. The second kappa shape index (κ2) is 13.6. The Kier molecular flexibility index (Phi) is 9.40. The Balaban J connectivity index is 1.57. The number of methoxy groups -OCH3 is 2. The van der Waals surface area contributed by atoms with Crippen molar-refractivity contribution in [2.45, 2.75) is 25.8 Å². The smallest absolute Gasteiger partial charge is 0.416 e. The van der Waals surface area contributed by atoms with Gasteiger partial charge in [0.1, 0.15) is 17.2 Å². The predicted molar refractivity (Wildman–Crippen MR) is 168 cm³/mol. The number of ether oxygens (including phenoxy) is 2. The topological polar surface area (TPSA) is 123 Å². The van der Waals surface area contributed by atoms with E-state index in [0.717, 1.165) is 15.2 Å². The van der Waals surface area contributed by atoms with Crippen LogP contribution < -0.4 is 20.7 Å². The van der Waals surface area contributed by atoms with Crippen LogP contribution in [0.5, 0.6) is 11.5 Å². The van der Waals surface area contributed by atoms with E-state index in [1.165, 1.54) is 61.6 Å². The summed E-state index contributed by atoms with van der Waals surface area (Å²) < 4.78 is 54.0. The molecular formula is C33H28F3N5O6. The lowest BCUT2D eigenvalue weighted by atomic mass is 10.1. The SMILES string of the molecule is COc1ccc(Cn2c(/C=C/c3cnn(Cc4ccccc4C(F)(F)F)c3)c([N+](=O)[O-])c(=O)n(Cc3ccc(OC)cc3)c2=O)cc1.